The van der Waals surface area contributed by atoms with Gasteiger partial charge in [-0.15, -0.1) is 0 Å². The number of carbonyl (C=O) groups excluding carboxylic acids is 1. The third kappa shape index (κ3) is 4.77. The lowest BCUT2D eigenvalue weighted by atomic mass is 10.1. The zero-order valence-corrected chi connectivity index (χ0v) is 19.0. The van der Waals surface area contributed by atoms with Crippen molar-refractivity contribution in [2.75, 3.05) is 28.4 Å². The second-order valence-corrected chi connectivity index (χ2v) is 7.75. The first-order chi connectivity index (χ1) is 14.9. The number of carbonyl (C=O) groups is 1. The quantitative estimate of drug-likeness (QED) is 0.543. The second kappa shape index (κ2) is 9.75. The van der Waals surface area contributed by atoms with Crippen molar-refractivity contribution < 1.29 is 19.0 Å². The number of benzene rings is 2. The number of H-pyrrole nitrogens is 1. The van der Waals surface area contributed by atoms with Crippen LogP contribution in [0.15, 0.2) is 36.4 Å². The van der Waals surface area contributed by atoms with Gasteiger partial charge in [0.15, 0.2) is 11.5 Å². The van der Waals surface area contributed by atoms with Crippen LogP contribution in [0, 0.1) is 0 Å². The molecule has 0 aliphatic rings. The van der Waals surface area contributed by atoms with Gasteiger partial charge in [0, 0.05) is 30.6 Å². The van der Waals surface area contributed by atoms with Gasteiger partial charge in [-0.25, -0.2) is 0 Å². The van der Waals surface area contributed by atoms with E-state index in [0.717, 1.165) is 17.5 Å². The molecule has 166 valence electrons. The van der Waals surface area contributed by atoms with Gasteiger partial charge >= 0.3 is 0 Å². The van der Waals surface area contributed by atoms with E-state index in [9.17, 15) is 4.79 Å². The van der Waals surface area contributed by atoms with Gasteiger partial charge in [-0.05, 0) is 38.1 Å². The summed E-state index contributed by atoms with van der Waals surface area (Å²) in [6.07, 6.45) is 0. The summed E-state index contributed by atoms with van der Waals surface area (Å²) in [4.78, 5) is 18.3. The minimum absolute atomic E-state index is 0.203. The van der Waals surface area contributed by atoms with Gasteiger partial charge in [0.2, 0.25) is 0 Å². The third-order valence-electron chi connectivity index (χ3n) is 5.54. The van der Waals surface area contributed by atoms with Crippen LogP contribution >= 0.6 is 0 Å². The van der Waals surface area contributed by atoms with Crippen LogP contribution in [-0.4, -0.2) is 50.2 Å². The fourth-order valence-corrected chi connectivity index (χ4v) is 3.47. The molecule has 0 aliphatic heterocycles. The number of fused-ring (bicyclic) bond motifs is 1. The molecule has 2 aromatic carbocycles. The Labute approximate surface area is 183 Å². The Kier molecular flexibility index (Phi) is 7.07. The lowest BCUT2D eigenvalue weighted by Gasteiger charge is -2.22. The number of hydrogen-bond donors (Lipinski definition) is 2. The van der Waals surface area contributed by atoms with Crippen LogP contribution < -0.4 is 19.5 Å². The molecule has 3 aromatic rings. The van der Waals surface area contributed by atoms with Gasteiger partial charge < -0.3 is 24.5 Å². The van der Waals surface area contributed by atoms with E-state index in [0.29, 0.717) is 41.0 Å². The van der Waals surface area contributed by atoms with Crippen LogP contribution in [0.4, 0.5) is 0 Å². The van der Waals surface area contributed by atoms with E-state index in [1.165, 1.54) is 5.56 Å². The molecule has 0 bridgehead atoms. The van der Waals surface area contributed by atoms with Crippen molar-refractivity contribution in [3.63, 3.8) is 0 Å². The molecule has 7 heteroatoms. The number of rotatable bonds is 9. The molecule has 2 N–H and O–H groups in total. The predicted octanol–water partition coefficient (Wildman–Crippen LogP) is 3.96. The number of ether oxygens (including phenoxy) is 3. The second-order valence-electron chi connectivity index (χ2n) is 7.75. The highest BCUT2D eigenvalue weighted by molar-refractivity contribution is 6.02. The van der Waals surface area contributed by atoms with E-state index in [-0.39, 0.29) is 5.91 Å². The Bertz CT molecular complexity index is 1060. The third-order valence-corrected chi connectivity index (χ3v) is 5.54. The first kappa shape index (κ1) is 22.5. The maximum atomic E-state index is 12.9. The SMILES string of the molecule is COc1cc(OC)c2cc(C(=O)NCc3ccccc3CN(C)C(C)C)[nH]c2c1OC. The largest absolute Gasteiger partial charge is 0.496 e. The summed E-state index contributed by atoms with van der Waals surface area (Å²) >= 11 is 0. The van der Waals surface area contributed by atoms with E-state index in [4.69, 9.17) is 14.2 Å². The molecule has 7 nitrogen and oxygen atoms in total. The molecular formula is C24H31N3O4. The van der Waals surface area contributed by atoms with Crippen molar-refractivity contribution in [1.29, 1.82) is 0 Å². The summed E-state index contributed by atoms with van der Waals surface area (Å²) in [7, 11) is 6.81. The van der Waals surface area contributed by atoms with Crippen LogP contribution in [0.1, 0.15) is 35.5 Å². The van der Waals surface area contributed by atoms with Gasteiger partial charge in [-0.3, -0.25) is 9.69 Å². The Morgan fingerprint density at radius 1 is 1.03 bits per heavy atom. The highest BCUT2D eigenvalue weighted by Crippen LogP contribution is 2.41. The molecular weight excluding hydrogens is 394 g/mol. The summed E-state index contributed by atoms with van der Waals surface area (Å²) in [5.41, 5.74) is 3.37. The van der Waals surface area contributed by atoms with Crippen molar-refractivity contribution in [2.24, 2.45) is 0 Å². The predicted molar refractivity (Wildman–Crippen MR) is 122 cm³/mol. The number of aromatic amines is 1. The monoisotopic (exact) mass is 425 g/mol. The van der Waals surface area contributed by atoms with E-state index in [1.54, 1.807) is 33.5 Å². The van der Waals surface area contributed by atoms with Gasteiger partial charge in [-0.2, -0.15) is 0 Å². The first-order valence-electron chi connectivity index (χ1n) is 10.3. The molecule has 0 atom stereocenters. The van der Waals surface area contributed by atoms with E-state index in [1.807, 2.05) is 18.2 Å². The van der Waals surface area contributed by atoms with Gasteiger partial charge in [0.05, 0.1) is 26.8 Å². The lowest BCUT2D eigenvalue weighted by Crippen LogP contribution is -2.27. The van der Waals surface area contributed by atoms with Gasteiger partial charge in [0.25, 0.3) is 5.91 Å². The normalized spacial score (nSPS) is 11.2. The van der Waals surface area contributed by atoms with Crippen molar-refractivity contribution >= 4 is 16.8 Å². The van der Waals surface area contributed by atoms with Crippen molar-refractivity contribution in [3.8, 4) is 17.2 Å². The molecule has 0 radical (unpaired) electrons. The Morgan fingerprint density at radius 3 is 2.32 bits per heavy atom. The van der Waals surface area contributed by atoms with Crippen LogP contribution in [0.3, 0.4) is 0 Å². The topological polar surface area (TPSA) is 75.8 Å². The van der Waals surface area contributed by atoms with Crippen LogP contribution in [0.2, 0.25) is 0 Å². The fraction of sp³-hybridized carbons (Fsp3) is 0.375. The standard InChI is InChI=1S/C24H31N3O4/c1-15(2)27(3)14-17-10-8-7-9-16(17)13-25-24(28)19-11-18-20(29-4)12-21(30-5)23(31-6)22(18)26-19/h7-12,15,26H,13-14H2,1-6H3,(H,25,28). The average Bonchev–Trinajstić information content (AvgIpc) is 3.22. The maximum absolute atomic E-state index is 12.9. The molecule has 0 fully saturated rings. The van der Waals surface area contributed by atoms with Crippen molar-refractivity contribution in [2.45, 2.75) is 33.0 Å². The number of nitrogens with one attached hydrogen (secondary N) is 2. The summed E-state index contributed by atoms with van der Waals surface area (Å²) in [5.74, 6) is 1.46. The van der Waals surface area contributed by atoms with E-state index in [2.05, 4.69) is 42.2 Å². The Balaban J connectivity index is 1.84. The molecule has 1 heterocycles. The maximum Gasteiger partial charge on any atom is 0.268 e. The molecule has 0 saturated heterocycles. The zero-order chi connectivity index (χ0) is 22.5. The molecule has 3 rings (SSSR count). The molecule has 1 amide bonds. The highest BCUT2D eigenvalue weighted by atomic mass is 16.5. The number of hydrogen-bond acceptors (Lipinski definition) is 5. The number of methoxy groups -OCH3 is 3. The molecule has 31 heavy (non-hydrogen) atoms. The zero-order valence-electron chi connectivity index (χ0n) is 19.0. The van der Waals surface area contributed by atoms with Crippen LogP contribution in [-0.2, 0) is 13.1 Å². The Hall–Kier alpha value is -3.19. The molecule has 0 unspecified atom stereocenters. The van der Waals surface area contributed by atoms with Crippen LogP contribution in [0.25, 0.3) is 10.9 Å². The minimum atomic E-state index is -0.203. The molecule has 0 aliphatic carbocycles. The van der Waals surface area contributed by atoms with Crippen molar-refractivity contribution in [3.05, 3.63) is 53.2 Å². The summed E-state index contributed by atoms with van der Waals surface area (Å²) in [5, 5.41) is 3.77. The summed E-state index contributed by atoms with van der Waals surface area (Å²) in [6, 6.07) is 12.1. The molecule has 0 spiro atoms. The summed E-state index contributed by atoms with van der Waals surface area (Å²) in [6.45, 7) is 5.59. The smallest absolute Gasteiger partial charge is 0.268 e. The van der Waals surface area contributed by atoms with Crippen molar-refractivity contribution in [1.82, 2.24) is 15.2 Å². The average molecular weight is 426 g/mol. The number of amides is 1. The molecule has 0 saturated carbocycles. The molecule has 1 aromatic heterocycles. The van der Waals surface area contributed by atoms with E-state index < -0.39 is 0 Å². The van der Waals surface area contributed by atoms with Crippen LogP contribution in [0.5, 0.6) is 17.2 Å². The van der Waals surface area contributed by atoms with Gasteiger partial charge in [0.1, 0.15) is 11.4 Å². The lowest BCUT2D eigenvalue weighted by molar-refractivity contribution is 0.0946. The minimum Gasteiger partial charge on any atom is -0.496 e. The number of aromatic nitrogens is 1. The number of nitrogens with zero attached hydrogens (tertiary/aromatic N) is 1. The Morgan fingerprint density at radius 2 is 1.71 bits per heavy atom. The van der Waals surface area contributed by atoms with E-state index >= 15 is 0 Å². The summed E-state index contributed by atoms with van der Waals surface area (Å²) < 4.78 is 16.4. The first-order valence-corrected chi connectivity index (χ1v) is 10.3. The highest BCUT2D eigenvalue weighted by Gasteiger charge is 2.19. The fourth-order valence-electron chi connectivity index (χ4n) is 3.47. The van der Waals surface area contributed by atoms with Gasteiger partial charge in [-0.1, -0.05) is 24.3 Å².